The number of amides is 1. The summed E-state index contributed by atoms with van der Waals surface area (Å²) in [6.07, 6.45) is 0.477. The number of piperazine rings is 1. The third kappa shape index (κ3) is 4.04. The second kappa shape index (κ2) is 7.79. The molecule has 1 saturated heterocycles. The second-order valence-electron chi connectivity index (χ2n) is 7.07. The normalized spacial score (nSPS) is 16.6. The Bertz CT molecular complexity index is 847. The zero-order chi connectivity index (χ0) is 18.8. The molecular weight excluding hydrogens is 364 g/mol. The Kier molecular flexibility index (Phi) is 5.23. The van der Waals surface area contributed by atoms with E-state index >= 15 is 0 Å². The van der Waals surface area contributed by atoms with Gasteiger partial charge in [0.1, 0.15) is 0 Å². The lowest BCUT2D eigenvalue weighted by Gasteiger charge is -2.35. The summed E-state index contributed by atoms with van der Waals surface area (Å²) in [5.74, 6) is 1.55. The van der Waals surface area contributed by atoms with Gasteiger partial charge in [-0.3, -0.25) is 9.69 Å². The topological polar surface area (TPSA) is 42.0 Å². The van der Waals surface area contributed by atoms with Gasteiger partial charge in [-0.05, 0) is 35.7 Å². The molecule has 142 valence electrons. The first kappa shape index (κ1) is 18.1. The van der Waals surface area contributed by atoms with Crippen molar-refractivity contribution in [3.8, 4) is 11.5 Å². The summed E-state index contributed by atoms with van der Waals surface area (Å²) in [6.45, 7) is 6.27. The van der Waals surface area contributed by atoms with Gasteiger partial charge in [-0.25, -0.2) is 0 Å². The Morgan fingerprint density at radius 2 is 1.89 bits per heavy atom. The van der Waals surface area contributed by atoms with Crippen LogP contribution in [0.1, 0.15) is 16.7 Å². The van der Waals surface area contributed by atoms with Crippen molar-refractivity contribution < 1.29 is 14.3 Å². The number of rotatable bonds is 4. The molecule has 6 heteroatoms. The van der Waals surface area contributed by atoms with Crippen LogP contribution in [0.5, 0.6) is 11.5 Å². The summed E-state index contributed by atoms with van der Waals surface area (Å²) in [4.78, 5) is 16.9. The Balaban J connectivity index is 1.32. The van der Waals surface area contributed by atoms with E-state index in [-0.39, 0.29) is 12.7 Å². The first-order valence-corrected chi connectivity index (χ1v) is 9.60. The number of aryl methyl sites for hydroxylation is 1. The zero-order valence-corrected chi connectivity index (χ0v) is 16.2. The van der Waals surface area contributed by atoms with Crippen LogP contribution in [0.3, 0.4) is 0 Å². The molecule has 2 aliphatic heterocycles. The lowest BCUT2D eigenvalue weighted by molar-refractivity contribution is -0.132. The van der Waals surface area contributed by atoms with E-state index in [0.717, 1.165) is 43.9 Å². The van der Waals surface area contributed by atoms with Crippen molar-refractivity contribution in [2.24, 2.45) is 0 Å². The number of fused-ring (bicyclic) bond motifs is 1. The predicted octanol–water partition coefficient (Wildman–Crippen LogP) is 3.26. The number of hydrogen-bond donors (Lipinski definition) is 0. The molecule has 0 radical (unpaired) electrons. The highest BCUT2D eigenvalue weighted by Gasteiger charge is 2.23. The molecule has 1 fully saturated rings. The standard InChI is InChI=1S/C21H23ClN2O3/c1-15-4-2-3-5-17(15)12-20(25)24-8-6-23(7-9-24)13-16-10-18(22)21-19(11-16)26-14-27-21/h2-5,10-11H,6-9,12-14H2,1H3. The fraction of sp³-hybridized carbons (Fsp3) is 0.381. The van der Waals surface area contributed by atoms with Crippen molar-refractivity contribution in [3.63, 3.8) is 0 Å². The molecule has 5 nitrogen and oxygen atoms in total. The number of halogens is 1. The number of carbonyl (C=O) groups is 1. The molecule has 0 spiro atoms. The van der Waals surface area contributed by atoms with Gasteiger partial charge >= 0.3 is 0 Å². The molecule has 1 amide bonds. The molecule has 0 saturated carbocycles. The van der Waals surface area contributed by atoms with Crippen LogP contribution in [0.2, 0.25) is 5.02 Å². The minimum atomic E-state index is 0.204. The Morgan fingerprint density at radius 1 is 1.11 bits per heavy atom. The number of nitrogens with zero attached hydrogens (tertiary/aromatic N) is 2. The van der Waals surface area contributed by atoms with Crippen molar-refractivity contribution in [2.45, 2.75) is 19.9 Å². The molecule has 2 aromatic rings. The van der Waals surface area contributed by atoms with Gasteiger partial charge in [-0.1, -0.05) is 35.9 Å². The number of benzene rings is 2. The molecule has 0 aromatic heterocycles. The third-order valence-electron chi connectivity index (χ3n) is 5.22. The van der Waals surface area contributed by atoms with Gasteiger partial charge in [0.05, 0.1) is 11.4 Å². The maximum atomic E-state index is 12.6. The molecule has 4 rings (SSSR count). The van der Waals surface area contributed by atoms with E-state index in [2.05, 4.69) is 17.9 Å². The molecule has 0 N–H and O–H groups in total. The fourth-order valence-electron chi connectivity index (χ4n) is 3.61. The van der Waals surface area contributed by atoms with Crippen LogP contribution in [-0.4, -0.2) is 48.7 Å². The van der Waals surface area contributed by atoms with E-state index in [1.165, 1.54) is 5.56 Å². The second-order valence-corrected chi connectivity index (χ2v) is 7.48. The summed E-state index contributed by atoms with van der Waals surface area (Å²) >= 11 is 6.27. The van der Waals surface area contributed by atoms with Crippen LogP contribution in [0.15, 0.2) is 36.4 Å². The fourth-order valence-corrected chi connectivity index (χ4v) is 3.90. The Labute approximate surface area is 164 Å². The summed E-state index contributed by atoms with van der Waals surface area (Å²) in [5.41, 5.74) is 3.38. The Hall–Kier alpha value is -2.24. The Morgan fingerprint density at radius 3 is 2.67 bits per heavy atom. The lowest BCUT2D eigenvalue weighted by Crippen LogP contribution is -2.48. The maximum Gasteiger partial charge on any atom is 0.231 e. The molecule has 2 aliphatic rings. The van der Waals surface area contributed by atoms with Gasteiger partial charge in [0.25, 0.3) is 0 Å². The van der Waals surface area contributed by atoms with E-state index in [4.69, 9.17) is 21.1 Å². The summed E-state index contributed by atoms with van der Waals surface area (Å²) in [6, 6.07) is 12.0. The molecule has 0 atom stereocenters. The first-order chi connectivity index (χ1) is 13.1. The van der Waals surface area contributed by atoms with Gasteiger partial charge in [0, 0.05) is 32.7 Å². The smallest absolute Gasteiger partial charge is 0.231 e. The highest BCUT2D eigenvalue weighted by Crippen LogP contribution is 2.40. The molecule has 0 aliphatic carbocycles. The number of hydrogen-bond acceptors (Lipinski definition) is 4. The third-order valence-corrected chi connectivity index (χ3v) is 5.50. The van der Waals surface area contributed by atoms with Crippen LogP contribution in [0.25, 0.3) is 0 Å². The van der Waals surface area contributed by atoms with E-state index in [1.807, 2.05) is 35.2 Å². The monoisotopic (exact) mass is 386 g/mol. The van der Waals surface area contributed by atoms with Gasteiger partial charge in [-0.2, -0.15) is 0 Å². The van der Waals surface area contributed by atoms with E-state index < -0.39 is 0 Å². The van der Waals surface area contributed by atoms with Crippen LogP contribution in [-0.2, 0) is 17.8 Å². The molecule has 2 aromatic carbocycles. The van der Waals surface area contributed by atoms with Crippen molar-refractivity contribution in [3.05, 3.63) is 58.1 Å². The van der Waals surface area contributed by atoms with Crippen molar-refractivity contribution in [1.82, 2.24) is 9.80 Å². The molecule has 0 unspecified atom stereocenters. The first-order valence-electron chi connectivity index (χ1n) is 9.23. The van der Waals surface area contributed by atoms with Crippen LogP contribution >= 0.6 is 11.6 Å². The summed E-state index contributed by atoms with van der Waals surface area (Å²) in [5, 5.41) is 0.590. The van der Waals surface area contributed by atoms with Gasteiger partial charge in [0.15, 0.2) is 11.5 Å². The van der Waals surface area contributed by atoms with Gasteiger partial charge in [0.2, 0.25) is 12.7 Å². The minimum absolute atomic E-state index is 0.204. The SMILES string of the molecule is Cc1ccccc1CC(=O)N1CCN(Cc2cc(Cl)c3c(c2)OCO3)CC1. The number of ether oxygens (including phenoxy) is 2. The van der Waals surface area contributed by atoms with Crippen LogP contribution < -0.4 is 9.47 Å². The van der Waals surface area contributed by atoms with E-state index in [0.29, 0.717) is 22.9 Å². The average Bonchev–Trinajstić information content (AvgIpc) is 3.13. The van der Waals surface area contributed by atoms with Crippen molar-refractivity contribution in [2.75, 3.05) is 33.0 Å². The van der Waals surface area contributed by atoms with E-state index in [9.17, 15) is 4.79 Å². The summed E-state index contributed by atoms with van der Waals surface area (Å²) in [7, 11) is 0. The quantitative estimate of drug-likeness (QED) is 0.808. The number of carbonyl (C=O) groups excluding carboxylic acids is 1. The van der Waals surface area contributed by atoms with Gasteiger partial charge in [-0.15, -0.1) is 0 Å². The lowest BCUT2D eigenvalue weighted by atomic mass is 10.1. The van der Waals surface area contributed by atoms with Crippen molar-refractivity contribution >= 4 is 17.5 Å². The highest BCUT2D eigenvalue weighted by molar-refractivity contribution is 6.32. The van der Waals surface area contributed by atoms with Crippen LogP contribution in [0.4, 0.5) is 0 Å². The molecule has 0 bridgehead atoms. The largest absolute Gasteiger partial charge is 0.454 e. The molecule has 27 heavy (non-hydrogen) atoms. The minimum Gasteiger partial charge on any atom is -0.454 e. The zero-order valence-electron chi connectivity index (χ0n) is 15.4. The van der Waals surface area contributed by atoms with Crippen LogP contribution in [0, 0.1) is 6.92 Å². The predicted molar refractivity (Wildman–Crippen MR) is 104 cm³/mol. The van der Waals surface area contributed by atoms with Gasteiger partial charge < -0.3 is 14.4 Å². The molecule has 2 heterocycles. The maximum absolute atomic E-state index is 12.6. The highest BCUT2D eigenvalue weighted by atomic mass is 35.5. The average molecular weight is 387 g/mol. The molecular formula is C21H23ClN2O3. The summed E-state index contributed by atoms with van der Waals surface area (Å²) < 4.78 is 10.8. The van der Waals surface area contributed by atoms with Crippen molar-refractivity contribution in [1.29, 1.82) is 0 Å². The van der Waals surface area contributed by atoms with E-state index in [1.54, 1.807) is 0 Å².